The van der Waals surface area contributed by atoms with Crippen LogP contribution in [0.5, 0.6) is 0 Å². The van der Waals surface area contributed by atoms with Crippen molar-refractivity contribution in [1.82, 2.24) is 15.4 Å². The fourth-order valence-corrected chi connectivity index (χ4v) is 3.68. The van der Waals surface area contributed by atoms with Gasteiger partial charge in [-0.25, -0.2) is 13.1 Å². The first-order valence-corrected chi connectivity index (χ1v) is 10.5. The summed E-state index contributed by atoms with van der Waals surface area (Å²) >= 11 is 0. The molecule has 0 unspecified atom stereocenters. The van der Waals surface area contributed by atoms with Crippen molar-refractivity contribution >= 4 is 15.9 Å². The third-order valence-corrected chi connectivity index (χ3v) is 5.59. The molecule has 1 amide bonds. The van der Waals surface area contributed by atoms with Gasteiger partial charge in [-0.1, -0.05) is 43.3 Å². The Morgan fingerprint density at radius 1 is 1.11 bits per heavy atom. The van der Waals surface area contributed by atoms with Crippen LogP contribution in [0.2, 0.25) is 0 Å². The lowest BCUT2D eigenvalue weighted by atomic mass is 10.1. The van der Waals surface area contributed by atoms with Gasteiger partial charge in [0.25, 0.3) is 5.91 Å². The molecule has 0 heterocycles. The molecule has 6 nitrogen and oxygen atoms in total. The third-order valence-electron chi connectivity index (χ3n) is 4.19. The Labute approximate surface area is 161 Å². The maximum absolute atomic E-state index is 12.6. The summed E-state index contributed by atoms with van der Waals surface area (Å²) in [6, 6.07) is 14.0. The molecule has 146 valence electrons. The molecule has 3 N–H and O–H groups in total. The van der Waals surface area contributed by atoms with E-state index in [1.807, 2.05) is 44.2 Å². The summed E-state index contributed by atoms with van der Waals surface area (Å²) in [5.41, 5.74) is 1.95. The minimum Gasteiger partial charge on any atom is -0.350 e. The lowest BCUT2D eigenvalue weighted by Gasteiger charge is -2.15. The standard InChI is InChI=1S/C20H27N3O3S/c1-4-21-16(3)13-22-20(24)19-12-18(11-10-15(19)2)27(25,26)23-14-17-8-6-5-7-9-17/h5-12,16,21,23H,4,13-14H2,1-3H3,(H,22,24)/t16-/m1/s1. The number of aryl methyl sites for hydroxylation is 1. The summed E-state index contributed by atoms with van der Waals surface area (Å²) in [7, 11) is -3.71. The predicted octanol–water partition coefficient (Wildman–Crippen LogP) is 2.20. The Morgan fingerprint density at radius 3 is 2.48 bits per heavy atom. The van der Waals surface area contributed by atoms with Gasteiger partial charge in [-0.15, -0.1) is 0 Å². The van der Waals surface area contributed by atoms with Crippen molar-refractivity contribution < 1.29 is 13.2 Å². The van der Waals surface area contributed by atoms with Crippen LogP contribution in [-0.2, 0) is 16.6 Å². The van der Waals surface area contributed by atoms with E-state index in [9.17, 15) is 13.2 Å². The van der Waals surface area contributed by atoms with Gasteiger partial charge in [0.15, 0.2) is 0 Å². The van der Waals surface area contributed by atoms with Gasteiger partial charge in [-0.3, -0.25) is 4.79 Å². The third kappa shape index (κ3) is 6.16. The van der Waals surface area contributed by atoms with Crippen molar-refractivity contribution in [1.29, 1.82) is 0 Å². The van der Waals surface area contributed by atoms with E-state index in [1.54, 1.807) is 13.0 Å². The van der Waals surface area contributed by atoms with Crippen LogP contribution >= 0.6 is 0 Å². The molecular formula is C20H27N3O3S. The zero-order chi connectivity index (χ0) is 19.9. The molecule has 2 aromatic carbocycles. The molecule has 1 atom stereocenters. The highest BCUT2D eigenvalue weighted by Crippen LogP contribution is 2.16. The Balaban J connectivity index is 2.11. The van der Waals surface area contributed by atoms with Crippen molar-refractivity contribution in [2.45, 2.75) is 38.3 Å². The summed E-state index contributed by atoms with van der Waals surface area (Å²) < 4.78 is 27.8. The van der Waals surface area contributed by atoms with E-state index < -0.39 is 10.0 Å². The van der Waals surface area contributed by atoms with E-state index in [-0.39, 0.29) is 23.4 Å². The summed E-state index contributed by atoms with van der Waals surface area (Å²) in [6.07, 6.45) is 0. The Kier molecular flexibility index (Phi) is 7.53. The van der Waals surface area contributed by atoms with Gasteiger partial charge in [0.2, 0.25) is 10.0 Å². The van der Waals surface area contributed by atoms with Crippen LogP contribution < -0.4 is 15.4 Å². The first-order valence-electron chi connectivity index (χ1n) is 8.99. The molecule has 0 aliphatic rings. The Morgan fingerprint density at radius 2 is 1.81 bits per heavy atom. The van der Waals surface area contributed by atoms with Crippen LogP contribution in [0.25, 0.3) is 0 Å². The van der Waals surface area contributed by atoms with Crippen LogP contribution in [0.3, 0.4) is 0 Å². The van der Waals surface area contributed by atoms with Gasteiger partial charge in [0, 0.05) is 24.7 Å². The molecule has 2 aromatic rings. The summed E-state index contributed by atoms with van der Waals surface area (Å²) in [5, 5.41) is 6.06. The minimum absolute atomic E-state index is 0.0777. The van der Waals surface area contributed by atoms with Gasteiger partial charge in [0.1, 0.15) is 0 Å². The molecule has 0 fully saturated rings. The number of hydrogen-bond donors (Lipinski definition) is 3. The summed E-state index contributed by atoms with van der Waals surface area (Å²) in [5.74, 6) is -0.280. The zero-order valence-electron chi connectivity index (χ0n) is 16.0. The molecular weight excluding hydrogens is 362 g/mol. The molecule has 0 bridgehead atoms. The lowest BCUT2D eigenvalue weighted by Crippen LogP contribution is -2.39. The normalized spacial score (nSPS) is 12.6. The highest BCUT2D eigenvalue weighted by atomic mass is 32.2. The van der Waals surface area contributed by atoms with Crippen LogP contribution in [0.4, 0.5) is 0 Å². The van der Waals surface area contributed by atoms with E-state index in [2.05, 4.69) is 15.4 Å². The molecule has 7 heteroatoms. The largest absolute Gasteiger partial charge is 0.350 e. The Bertz CT molecular complexity index is 867. The quantitative estimate of drug-likeness (QED) is 0.614. The van der Waals surface area contributed by atoms with Crippen molar-refractivity contribution in [2.24, 2.45) is 0 Å². The molecule has 0 aliphatic heterocycles. The topological polar surface area (TPSA) is 87.3 Å². The summed E-state index contributed by atoms with van der Waals surface area (Å²) in [6.45, 7) is 7.24. The number of benzene rings is 2. The molecule has 2 rings (SSSR count). The maximum Gasteiger partial charge on any atom is 0.251 e. The summed E-state index contributed by atoms with van der Waals surface area (Å²) in [4.78, 5) is 12.6. The van der Waals surface area contributed by atoms with Crippen LogP contribution in [0, 0.1) is 6.92 Å². The average molecular weight is 390 g/mol. The van der Waals surface area contributed by atoms with Gasteiger partial charge >= 0.3 is 0 Å². The number of carbonyl (C=O) groups is 1. The van der Waals surface area contributed by atoms with Crippen molar-refractivity contribution in [2.75, 3.05) is 13.1 Å². The van der Waals surface area contributed by atoms with Crippen molar-refractivity contribution in [3.05, 3.63) is 65.2 Å². The number of sulfonamides is 1. The molecule has 0 spiro atoms. The van der Waals surface area contributed by atoms with E-state index in [4.69, 9.17) is 0 Å². The van der Waals surface area contributed by atoms with Crippen LogP contribution in [0.1, 0.15) is 35.3 Å². The smallest absolute Gasteiger partial charge is 0.251 e. The molecule has 27 heavy (non-hydrogen) atoms. The highest BCUT2D eigenvalue weighted by Gasteiger charge is 2.18. The number of hydrogen-bond acceptors (Lipinski definition) is 4. The zero-order valence-corrected chi connectivity index (χ0v) is 16.8. The second-order valence-electron chi connectivity index (χ2n) is 6.46. The maximum atomic E-state index is 12.6. The number of likely N-dealkylation sites (N-methyl/N-ethyl adjacent to an activating group) is 1. The highest BCUT2D eigenvalue weighted by molar-refractivity contribution is 7.89. The van der Waals surface area contributed by atoms with Gasteiger partial charge in [-0.2, -0.15) is 0 Å². The molecule has 0 saturated heterocycles. The monoisotopic (exact) mass is 389 g/mol. The molecule has 0 aliphatic carbocycles. The molecule has 0 radical (unpaired) electrons. The first kappa shape index (κ1) is 21.1. The van der Waals surface area contributed by atoms with Crippen LogP contribution in [0.15, 0.2) is 53.4 Å². The van der Waals surface area contributed by atoms with E-state index >= 15 is 0 Å². The van der Waals surface area contributed by atoms with E-state index in [0.717, 1.165) is 17.7 Å². The van der Waals surface area contributed by atoms with Crippen molar-refractivity contribution in [3.8, 4) is 0 Å². The van der Waals surface area contributed by atoms with E-state index in [0.29, 0.717) is 12.1 Å². The fraction of sp³-hybridized carbons (Fsp3) is 0.350. The van der Waals surface area contributed by atoms with Gasteiger partial charge in [0.05, 0.1) is 4.90 Å². The second kappa shape index (κ2) is 9.64. The molecule has 0 aromatic heterocycles. The molecule has 0 saturated carbocycles. The predicted molar refractivity (Wildman–Crippen MR) is 107 cm³/mol. The Hall–Kier alpha value is -2.22. The number of nitrogens with one attached hydrogen (secondary N) is 3. The van der Waals surface area contributed by atoms with Crippen LogP contribution in [-0.4, -0.2) is 33.5 Å². The second-order valence-corrected chi connectivity index (χ2v) is 8.22. The van der Waals surface area contributed by atoms with Gasteiger partial charge in [-0.05, 0) is 43.7 Å². The SMILES string of the molecule is CCN[C@H](C)CNC(=O)c1cc(S(=O)(=O)NCc2ccccc2)ccc1C. The first-order chi connectivity index (χ1) is 12.8. The number of amides is 1. The fourth-order valence-electron chi connectivity index (χ4n) is 2.63. The lowest BCUT2D eigenvalue weighted by molar-refractivity contribution is 0.0949. The average Bonchev–Trinajstić information content (AvgIpc) is 2.66. The minimum atomic E-state index is -3.71. The van der Waals surface area contributed by atoms with Gasteiger partial charge < -0.3 is 10.6 Å². The van der Waals surface area contributed by atoms with Crippen molar-refractivity contribution in [3.63, 3.8) is 0 Å². The number of carbonyl (C=O) groups excluding carboxylic acids is 1. The van der Waals surface area contributed by atoms with E-state index in [1.165, 1.54) is 12.1 Å². The number of rotatable bonds is 9.